The van der Waals surface area contributed by atoms with Gasteiger partial charge in [-0.15, -0.1) is 0 Å². The summed E-state index contributed by atoms with van der Waals surface area (Å²) in [5, 5.41) is 0. The molecular formula is C6H12N2O. The Kier molecular flexibility index (Phi) is 5.01. The van der Waals surface area contributed by atoms with Crippen LogP contribution in [0.25, 0.3) is 0 Å². The van der Waals surface area contributed by atoms with Crippen molar-refractivity contribution in [3.63, 3.8) is 0 Å². The smallest absolute Gasteiger partial charge is 0.137 e. The Morgan fingerprint density at radius 3 is 2.78 bits per heavy atom. The summed E-state index contributed by atoms with van der Waals surface area (Å²) in [6.07, 6.45) is 1.68. The summed E-state index contributed by atoms with van der Waals surface area (Å²) in [5.74, 6) is 0. The predicted octanol–water partition coefficient (Wildman–Crippen LogP) is 0.752. The van der Waals surface area contributed by atoms with Crippen molar-refractivity contribution in [2.45, 2.75) is 6.92 Å². The maximum absolute atomic E-state index is 4.68. The van der Waals surface area contributed by atoms with E-state index in [4.69, 9.17) is 0 Å². The summed E-state index contributed by atoms with van der Waals surface area (Å²) >= 11 is 0. The monoisotopic (exact) mass is 128 g/mol. The quantitative estimate of drug-likeness (QED) is 0.516. The van der Waals surface area contributed by atoms with Crippen LogP contribution in [-0.4, -0.2) is 32.8 Å². The molecule has 0 aromatic rings. The van der Waals surface area contributed by atoms with Gasteiger partial charge in [0.2, 0.25) is 0 Å². The van der Waals surface area contributed by atoms with Gasteiger partial charge in [-0.1, -0.05) is 0 Å². The molecule has 0 atom stereocenters. The van der Waals surface area contributed by atoms with Gasteiger partial charge in [0.1, 0.15) is 6.73 Å². The lowest BCUT2D eigenvalue weighted by Gasteiger charge is -1.87. The molecule has 9 heavy (non-hydrogen) atoms. The van der Waals surface area contributed by atoms with Crippen molar-refractivity contribution in [3.05, 3.63) is 0 Å². The first-order chi connectivity index (χ1) is 4.31. The molecule has 0 amide bonds. The molecule has 0 aliphatic rings. The van der Waals surface area contributed by atoms with Crippen molar-refractivity contribution in [2.75, 3.05) is 20.9 Å². The van der Waals surface area contributed by atoms with E-state index in [9.17, 15) is 0 Å². The lowest BCUT2D eigenvalue weighted by Crippen LogP contribution is -1.93. The molecule has 0 aromatic carbocycles. The Hall–Kier alpha value is -0.700. The molecule has 0 rings (SSSR count). The van der Waals surface area contributed by atoms with Crippen molar-refractivity contribution in [3.8, 4) is 0 Å². The summed E-state index contributed by atoms with van der Waals surface area (Å²) in [4.78, 5) is 7.75. The number of aliphatic imine (C=N–C) groups is 2. The van der Waals surface area contributed by atoms with Gasteiger partial charge in [0.15, 0.2) is 0 Å². The van der Waals surface area contributed by atoms with Crippen molar-refractivity contribution in [1.82, 2.24) is 0 Å². The molecule has 0 aliphatic heterocycles. The second kappa shape index (κ2) is 5.44. The lowest BCUT2D eigenvalue weighted by atomic mass is 10.5. The fourth-order valence-corrected chi connectivity index (χ4v) is 0.302. The minimum Gasteiger partial charge on any atom is -0.363 e. The standard InChI is InChI=1S/C6H12N2O/c1-6(7-2)4-8-5-9-3/h4H,5H2,1-3H3/b7-6-,8-4-. The van der Waals surface area contributed by atoms with E-state index < -0.39 is 0 Å². The predicted molar refractivity (Wildman–Crippen MR) is 39.4 cm³/mol. The SMILES string of the molecule is C/N=C(C)\C=N/COC. The fraction of sp³-hybridized carbons (Fsp3) is 0.667. The Morgan fingerprint density at radius 2 is 2.33 bits per heavy atom. The molecule has 0 radical (unpaired) electrons. The minimum atomic E-state index is 0.410. The van der Waals surface area contributed by atoms with Crippen LogP contribution in [0.3, 0.4) is 0 Å². The zero-order chi connectivity index (χ0) is 7.11. The number of ether oxygens (including phenoxy) is 1. The number of methoxy groups -OCH3 is 1. The van der Waals surface area contributed by atoms with Gasteiger partial charge in [0.25, 0.3) is 0 Å². The second-order valence-electron chi connectivity index (χ2n) is 1.59. The van der Waals surface area contributed by atoms with E-state index >= 15 is 0 Å². The third kappa shape index (κ3) is 5.17. The van der Waals surface area contributed by atoms with Crippen LogP contribution in [0.1, 0.15) is 6.92 Å². The average Bonchev–Trinajstić information content (AvgIpc) is 1.89. The van der Waals surface area contributed by atoms with Gasteiger partial charge in [0, 0.05) is 26.1 Å². The van der Waals surface area contributed by atoms with E-state index in [2.05, 4.69) is 14.7 Å². The van der Waals surface area contributed by atoms with Crippen molar-refractivity contribution in [1.29, 1.82) is 0 Å². The maximum atomic E-state index is 4.68. The average molecular weight is 128 g/mol. The van der Waals surface area contributed by atoms with Gasteiger partial charge in [-0.2, -0.15) is 0 Å². The molecule has 3 heteroatoms. The molecule has 0 bridgehead atoms. The zero-order valence-corrected chi connectivity index (χ0v) is 6.09. The molecule has 52 valence electrons. The van der Waals surface area contributed by atoms with Crippen LogP contribution >= 0.6 is 0 Å². The maximum Gasteiger partial charge on any atom is 0.137 e. The van der Waals surface area contributed by atoms with Gasteiger partial charge in [-0.25, -0.2) is 0 Å². The molecule has 0 unspecified atom stereocenters. The summed E-state index contributed by atoms with van der Waals surface area (Å²) in [5.41, 5.74) is 0.909. The summed E-state index contributed by atoms with van der Waals surface area (Å²) in [6, 6.07) is 0. The summed E-state index contributed by atoms with van der Waals surface area (Å²) in [7, 11) is 3.34. The number of nitrogens with zero attached hydrogens (tertiary/aromatic N) is 2. The van der Waals surface area contributed by atoms with Gasteiger partial charge in [-0.05, 0) is 6.92 Å². The van der Waals surface area contributed by atoms with Crippen molar-refractivity contribution >= 4 is 11.9 Å². The summed E-state index contributed by atoms with van der Waals surface area (Å²) < 4.78 is 4.68. The molecule has 0 heterocycles. The molecule has 0 aromatic heterocycles. The van der Waals surface area contributed by atoms with Crippen LogP contribution in [0.5, 0.6) is 0 Å². The normalized spacial score (nSPS) is 13.0. The Labute approximate surface area is 55.5 Å². The molecule has 0 N–H and O–H groups in total. The van der Waals surface area contributed by atoms with Gasteiger partial charge < -0.3 is 4.74 Å². The summed E-state index contributed by atoms with van der Waals surface area (Å²) in [6.45, 7) is 2.30. The first kappa shape index (κ1) is 8.30. The molecular weight excluding hydrogens is 116 g/mol. The molecule has 0 spiro atoms. The highest BCUT2D eigenvalue weighted by Crippen LogP contribution is 1.71. The number of hydrogen-bond donors (Lipinski definition) is 0. The van der Waals surface area contributed by atoms with Crippen LogP contribution in [0.4, 0.5) is 0 Å². The highest BCUT2D eigenvalue weighted by molar-refractivity contribution is 6.29. The van der Waals surface area contributed by atoms with Gasteiger partial charge in [-0.3, -0.25) is 9.98 Å². The fourth-order valence-electron chi connectivity index (χ4n) is 0.302. The van der Waals surface area contributed by atoms with Gasteiger partial charge in [0.05, 0.1) is 0 Å². The molecule has 0 saturated heterocycles. The lowest BCUT2D eigenvalue weighted by molar-refractivity contribution is 0.209. The largest absolute Gasteiger partial charge is 0.363 e. The van der Waals surface area contributed by atoms with Gasteiger partial charge >= 0.3 is 0 Å². The number of hydrogen-bond acceptors (Lipinski definition) is 3. The minimum absolute atomic E-state index is 0.410. The van der Waals surface area contributed by atoms with Crippen LogP contribution in [0, 0.1) is 0 Å². The van der Waals surface area contributed by atoms with E-state index in [0.717, 1.165) is 5.71 Å². The second-order valence-corrected chi connectivity index (χ2v) is 1.59. The first-order valence-electron chi connectivity index (χ1n) is 2.73. The molecule has 0 saturated carbocycles. The first-order valence-corrected chi connectivity index (χ1v) is 2.73. The van der Waals surface area contributed by atoms with Crippen LogP contribution in [-0.2, 0) is 4.74 Å². The topological polar surface area (TPSA) is 34.0 Å². The Balaban J connectivity index is 3.45. The van der Waals surface area contributed by atoms with E-state index in [0.29, 0.717) is 6.73 Å². The van der Waals surface area contributed by atoms with E-state index in [-0.39, 0.29) is 0 Å². The number of rotatable bonds is 3. The van der Waals surface area contributed by atoms with Crippen molar-refractivity contribution in [2.24, 2.45) is 9.98 Å². The van der Waals surface area contributed by atoms with Crippen LogP contribution in [0.15, 0.2) is 9.98 Å². The van der Waals surface area contributed by atoms with E-state index in [1.807, 2.05) is 6.92 Å². The highest BCUT2D eigenvalue weighted by Gasteiger charge is 1.77. The Bertz CT molecular complexity index is 118. The highest BCUT2D eigenvalue weighted by atomic mass is 16.5. The molecule has 3 nitrogen and oxygen atoms in total. The zero-order valence-electron chi connectivity index (χ0n) is 6.09. The van der Waals surface area contributed by atoms with Crippen LogP contribution in [0.2, 0.25) is 0 Å². The third-order valence-electron chi connectivity index (χ3n) is 0.834. The Morgan fingerprint density at radius 1 is 1.67 bits per heavy atom. The van der Waals surface area contributed by atoms with E-state index in [1.165, 1.54) is 0 Å². The third-order valence-corrected chi connectivity index (χ3v) is 0.834. The van der Waals surface area contributed by atoms with Crippen LogP contribution < -0.4 is 0 Å². The molecule has 0 aliphatic carbocycles. The van der Waals surface area contributed by atoms with Crippen molar-refractivity contribution < 1.29 is 4.74 Å². The molecule has 0 fully saturated rings. The van der Waals surface area contributed by atoms with E-state index in [1.54, 1.807) is 20.4 Å².